The van der Waals surface area contributed by atoms with Gasteiger partial charge < -0.3 is 10.2 Å². The van der Waals surface area contributed by atoms with E-state index < -0.39 is 39.9 Å². The highest BCUT2D eigenvalue weighted by Gasteiger charge is 2.33. The molecule has 0 aliphatic carbocycles. The SMILES string of the molecule is CNS(=O)(=O)c1cc(NC(=O)c2cc3cc(F)c(F)cc3nc2N2CCCC(F)(F)CC2)ccn1. The number of hydrogen-bond acceptors (Lipinski definition) is 6. The molecule has 1 aliphatic heterocycles. The highest BCUT2D eigenvalue weighted by Crippen LogP contribution is 2.32. The van der Waals surface area contributed by atoms with Crippen LogP contribution in [0.4, 0.5) is 29.1 Å². The van der Waals surface area contributed by atoms with Crippen molar-refractivity contribution in [1.82, 2.24) is 14.7 Å². The van der Waals surface area contributed by atoms with E-state index in [1.54, 1.807) is 0 Å². The monoisotopic (exact) mass is 511 g/mol. The number of fused-ring (bicyclic) bond motifs is 1. The standard InChI is InChI=1S/C22H21F4N5O3S/c1-27-35(33,34)19-11-14(3-6-28-19)29-21(32)15-9-13-10-16(23)17(24)12-18(13)30-20(15)31-7-2-4-22(25,26)5-8-31/h3,6,9-12,27H,2,4-5,7-8H2,1H3,(H,28,29,32). The maximum atomic E-state index is 13.9. The van der Waals surface area contributed by atoms with Gasteiger partial charge in [0.05, 0.1) is 11.1 Å². The molecule has 4 rings (SSSR count). The molecule has 3 aromatic rings. The number of sulfonamides is 1. The van der Waals surface area contributed by atoms with Gasteiger partial charge in [0, 0.05) is 55.3 Å². The van der Waals surface area contributed by atoms with E-state index in [4.69, 9.17) is 0 Å². The normalized spacial score (nSPS) is 16.2. The van der Waals surface area contributed by atoms with Crippen LogP contribution in [0.2, 0.25) is 0 Å². The number of anilines is 2. The summed E-state index contributed by atoms with van der Waals surface area (Å²) in [6.07, 6.45) is 0.550. The molecule has 8 nitrogen and oxygen atoms in total. The summed E-state index contributed by atoms with van der Waals surface area (Å²) >= 11 is 0. The molecule has 0 bridgehead atoms. The van der Waals surface area contributed by atoms with Crippen LogP contribution in [0, 0.1) is 11.6 Å². The van der Waals surface area contributed by atoms with Crippen molar-refractivity contribution in [3.63, 3.8) is 0 Å². The lowest BCUT2D eigenvalue weighted by Gasteiger charge is -2.24. The van der Waals surface area contributed by atoms with Crippen molar-refractivity contribution in [2.24, 2.45) is 0 Å². The van der Waals surface area contributed by atoms with E-state index in [0.29, 0.717) is 0 Å². The third kappa shape index (κ3) is 5.35. The third-order valence-corrected chi connectivity index (χ3v) is 6.95. The van der Waals surface area contributed by atoms with Gasteiger partial charge in [-0.3, -0.25) is 4.79 Å². The molecule has 2 N–H and O–H groups in total. The largest absolute Gasteiger partial charge is 0.356 e. The fourth-order valence-corrected chi connectivity index (χ4v) is 4.47. The third-order valence-electron chi connectivity index (χ3n) is 5.64. The molecule has 35 heavy (non-hydrogen) atoms. The lowest BCUT2D eigenvalue weighted by molar-refractivity contribution is -0.0102. The Morgan fingerprint density at radius 2 is 1.83 bits per heavy atom. The summed E-state index contributed by atoms with van der Waals surface area (Å²) in [7, 11) is -2.67. The van der Waals surface area contributed by atoms with Crippen LogP contribution < -0.4 is 14.9 Å². The van der Waals surface area contributed by atoms with Gasteiger partial charge in [-0.05, 0) is 31.7 Å². The Morgan fingerprint density at radius 3 is 2.57 bits per heavy atom. The number of amides is 1. The highest BCUT2D eigenvalue weighted by atomic mass is 32.2. The molecular weight excluding hydrogens is 490 g/mol. The fourth-order valence-electron chi connectivity index (χ4n) is 3.78. The topological polar surface area (TPSA) is 104 Å². The Bertz CT molecular complexity index is 1400. The van der Waals surface area contributed by atoms with Crippen LogP contribution in [0.15, 0.2) is 41.6 Å². The van der Waals surface area contributed by atoms with Gasteiger partial charge in [0.2, 0.25) is 5.92 Å². The van der Waals surface area contributed by atoms with E-state index >= 15 is 0 Å². The lowest BCUT2D eigenvalue weighted by Crippen LogP contribution is -2.29. The predicted molar refractivity (Wildman–Crippen MR) is 121 cm³/mol. The molecule has 13 heteroatoms. The molecule has 0 saturated carbocycles. The summed E-state index contributed by atoms with van der Waals surface area (Å²) in [5.74, 6) is -5.84. The van der Waals surface area contributed by atoms with Gasteiger partial charge in [-0.15, -0.1) is 0 Å². The molecule has 0 unspecified atom stereocenters. The Hall–Kier alpha value is -3.32. The van der Waals surface area contributed by atoms with Crippen molar-refractivity contribution in [2.75, 3.05) is 30.4 Å². The quantitative estimate of drug-likeness (QED) is 0.507. The number of rotatable bonds is 5. The van der Waals surface area contributed by atoms with Gasteiger partial charge in [0.15, 0.2) is 16.7 Å². The zero-order valence-corrected chi connectivity index (χ0v) is 19.3. The number of alkyl halides is 2. The number of aromatic nitrogens is 2. The molecule has 1 amide bonds. The van der Waals surface area contributed by atoms with E-state index in [1.807, 2.05) is 0 Å². The van der Waals surface area contributed by atoms with Gasteiger partial charge in [0.25, 0.3) is 15.9 Å². The van der Waals surface area contributed by atoms with Crippen molar-refractivity contribution in [3.8, 4) is 0 Å². The minimum absolute atomic E-state index is 0.0378. The van der Waals surface area contributed by atoms with Crippen LogP contribution in [-0.2, 0) is 10.0 Å². The number of nitrogens with zero attached hydrogens (tertiary/aromatic N) is 3. The molecule has 2 aromatic heterocycles. The number of pyridine rings is 2. The lowest BCUT2D eigenvalue weighted by atomic mass is 10.1. The van der Waals surface area contributed by atoms with E-state index in [2.05, 4.69) is 20.0 Å². The zero-order chi connectivity index (χ0) is 25.4. The van der Waals surface area contributed by atoms with Crippen LogP contribution in [0.5, 0.6) is 0 Å². The molecule has 1 aromatic carbocycles. The van der Waals surface area contributed by atoms with Crippen LogP contribution in [0.25, 0.3) is 10.9 Å². The summed E-state index contributed by atoms with van der Waals surface area (Å²) in [6.45, 7) is 0.0765. The minimum Gasteiger partial charge on any atom is -0.356 e. The molecule has 1 saturated heterocycles. The van der Waals surface area contributed by atoms with Crippen molar-refractivity contribution in [1.29, 1.82) is 0 Å². The second-order valence-electron chi connectivity index (χ2n) is 8.06. The van der Waals surface area contributed by atoms with Gasteiger partial charge in [-0.1, -0.05) is 0 Å². The van der Waals surface area contributed by atoms with Crippen LogP contribution >= 0.6 is 0 Å². The number of benzene rings is 1. The summed E-state index contributed by atoms with van der Waals surface area (Å²) in [5, 5.41) is 2.34. The first-order valence-electron chi connectivity index (χ1n) is 10.6. The van der Waals surface area contributed by atoms with Crippen molar-refractivity contribution < 1.29 is 30.8 Å². The van der Waals surface area contributed by atoms with Crippen LogP contribution in [0.3, 0.4) is 0 Å². The Morgan fingerprint density at radius 1 is 1.09 bits per heavy atom. The van der Waals surface area contributed by atoms with Crippen LogP contribution in [0.1, 0.15) is 29.6 Å². The number of carbonyl (C=O) groups is 1. The van der Waals surface area contributed by atoms with Crippen molar-refractivity contribution in [2.45, 2.75) is 30.2 Å². The minimum atomic E-state index is -3.88. The van der Waals surface area contributed by atoms with Crippen molar-refractivity contribution >= 4 is 38.3 Å². The molecule has 3 heterocycles. The average molecular weight is 512 g/mol. The number of hydrogen-bond donors (Lipinski definition) is 2. The smallest absolute Gasteiger partial charge is 0.259 e. The molecule has 1 fully saturated rings. The Balaban J connectivity index is 1.76. The molecule has 0 atom stereocenters. The summed E-state index contributed by atoms with van der Waals surface area (Å²) in [6, 6.07) is 5.56. The maximum Gasteiger partial charge on any atom is 0.259 e. The number of nitrogens with one attached hydrogen (secondary N) is 2. The summed E-state index contributed by atoms with van der Waals surface area (Å²) < 4.78 is 81.7. The van der Waals surface area contributed by atoms with E-state index in [9.17, 15) is 30.8 Å². The van der Waals surface area contributed by atoms with E-state index in [-0.39, 0.29) is 58.9 Å². The highest BCUT2D eigenvalue weighted by molar-refractivity contribution is 7.89. The number of halogens is 4. The predicted octanol–water partition coefficient (Wildman–Crippen LogP) is 3.69. The summed E-state index contributed by atoms with van der Waals surface area (Å²) in [5.41, 5.74) is 0.0823. The average Bonchev–Trinajstić information content (AvgIpc) is 2.99. The Labute approximate surface area is 198 Å². The van der Waals surface area contributed by atoms with Gasteiger partial charge >= 0.3 is 0 Å². The van der Waals surface area contributed by atoms with Gasteiger partial charge in [-0.2, -0.15) is 0 Å². The molecular formula is C22H21F4N5O3S. The second kappa shape index (κ2) is 9.38. The maximum absolute atomic E-state index is 13.9. The second-order valence-corrected chi connectivity index (χ2v) is 9.89. The first-order valence-corrected chi connectivity index (χ1v) is 12.1. The molecule has 0 spiro atoms. The van der Waals surface area contributed by atoms with Gasteiger partial charge in [-0.25, -0.2) is 40.7 Å². The van der Waals surface area contributed by atoms with E-state index in [0.717, 1.165) is 18.2 Å². The zero-order valence-electron chi connectivity index (χ0n) is 18.5. The first-order chi connectivity index (χ1) is 16.5. The molecule has 1 aliphatic rings. The fraction of sp³-hybridized carbons (Fsp3) is 0.318. The van der Waals surface area contributed by atoms with Crippen LogP contribution in [-0.4, -0.2) is 50.4 Å². The molecule has 186 valence electrons. The number of carbonyl (C=O) groups excluding carboxylic acids is 1. The van der Waals surface area contributed by atoms with Gasteiger partial charge in [0.1, 0.15) is 5.82 Å². The van der Waals surface area contributed by atoms with Crippen molar-refractivity contribution in [3.05, 3.63) is 53.7 Å². The van der Waals surface area contributed by atoms with E-state index in [1.165, 1.54) is 30.3 Å². The Kier molecular flexibility index (Phi) is 6.64. The summed E-state index contributed by atoms with van der Waals surface area (Å²) in [4.78, 5) is 22.8. The first kappa shape index (κ1) is 24.8. The molecule has 0 radical (unpaired) electrons.